The van der Waals surface area contributed by atoms with E-state index in [4.69, 9.17) is 10.5 Å². The number of nitrogens with two attached hydrogens (primary N) is 1. The number of amides is 1. The number of thiazole rings is 1. The maximum atomic E-state index is 12.7. The number of carbonyl (C=O) groups excluding carboxylic acids is 1. The van der Waals surface area contributed by atoms with Crippen molar-refractivity contribution in [3.8, 4) is 17.1 Å². The van der Waals surface area contributed by atoms with Gasteiger partial charge in [0, 0.05) is 10.0 Å². The highest BCUT2D eigenvalue weighted by atomic mass is 79.9. The van der Waals surface area contributed by atoms with Crippen LogP contribution in [-0.4, -0.2) is 27.1 Å². The van der Waals surface area contributed by atoms with Crippen molar-refractivity contribution in [3.05, 3.63) is 73.5 Å². The number of ether oxygens (including phenoxy) is 1. The Morgan fingerprint density at radius 1 is 1.21 bits per heavy atom. The standard InChI is InChI=1S/C19H13BrN4O3S/c20-14-4-2-1-3-13(14)17-22-19-24(23-17)18(26)15(28-19)9-11-5-7-12(8-6-11)27-10-16(21)25/h1-9H,10H2,(H2,21,25). The molecule has 28 heavy (non-hydrogen) atoms. The second-order valence-electron chi connectivity index (χ2n) is 5.85. The molecule has 0 spiro atoms. The summed E-state index contributed by atoms with van der Waals surface area (Å²) in [5.74, 6) is 0.486. The topological polar surface area (TPSA) is 99.6 Å². The van der Waals surface area contributed by atoms with Gasteiger partial charge in [0.1, 0.15) is 5.75 Å². The molecule has 7 nitrogen and oxygen atoms in total. The molecule has 140 valence electrons. The number of primary amides is 1. The average Bonchev–Trinajstić information content (AvgIpc) is 3.21. The lowest BCUT2D eigenvalue weighted by Gasteiger charge is -2.03. The molecule has 0 aliphatic carbocycles. The van der Waals surface area contributed by atoms with Gasteiger partial charge in [0.25, 0.3) is 11.5 Å². The third-order valence-corrected chi connectivity index (χ3v) is 5.51. The molecule has 9 heteroatoms. The van der Waals surface area contributed by atoms with Gasteiger partial charge in [-0.15, -0.1) is 5.10 Å². The molecule has 0 fully saturated rings. The molecule has 0 unspecified atom stereocenters. The monoisotopic (exact) mass is 456 g/mol. The van der Waals surface area contributed by atoms with E-state index >= 15 is 0 Å². The third kappa shape index (κ3) is 3.67. The second-order valence-corrected chi connectivity index (χ2v) is 7.71. The van der Waals surface area contributed by atoms with Crippen molar-refractivity contribution in [3.63, 3.8) is 0 Å². The molecule has 2 heterocycles. The van der Waals surface area contributed by atoms with Crippen molar-refractivity contribution in [1.29, 1.82) is 0 Å². The fourth-order valence-electron chi connectivity index (χ4n) is 2.56. The summed E-state index contributed by atoms with van der Waals surface area (Å²) in [4.78, 5) is 28.4. The highest BCUT2D eigenvalue weighted by Crippen LogP contribution is 2.25. The van der Waals surface area contributed by atoms with Crippen molar-refractivity contribution in [2.24, 2.45) is 5.73 Å². The van der Waals surface area contributed by atoms with E-state index in [-0.39, 0.29) is 12.2 Å². The molecule has 4 aromatic rings. The predicted molar refractivity (Wildman–Crippen MR) is 110 cm³/mol. The summed E-state index contributed by atoms with van der Waals surface area (Å²) in [6, 6.07) is 14.6. The lowest BCUT2D eigenvalue weighted by Crippen LogP contribution is -2.23. The molecular formula is C19H13BrN4O3S. The Bertz CT molecular complexity index is 1280. The van der Waals surface area contributed by atoms with Crippen molar-refractivity contribution >= 4 is 44.2 Å². The second kappa shape index (κ2) is 7.53. The minimum atomic E-state index is -0.539. The van der Waals surface area contributed by atoms with Gasteiger partial charge in [-0.25, -0.2) is 0 Å². The van der Waals surface area contributed by atoms with Crippen LogP contribution in [0.5, 0.6) is 5.75 Å². The molecule has 0 saturated heterocycles. The lowest BCUT2D eigenvalue weighted by atomic mass is 10.2. The first-order valence-electron chi connectivity index (χ1n) is 8.18. The first-order chi connectivity index (χ1) is 13.5. The van der Waals surface area contributed by atoms with Crippen LogP contribution in [0, 0.1) is 0 Å². The first-order valence-corrected chi connectivity index (χ1v) is 9.79. The highest BCUT2D eigenvalue weighted by molar-refractivity contribution is 9.10. The summed E-state index contributed by atoms with van der Waals surface area (Å²) in [5, 5.41) is 4.35. The third-order valence-electron chi connectivity index (χ3n) is 3.86. The highest BCUT2D eigenvalue weighted by Gasteiger charge is 2.13. The molecule has 1 amide bonds. The summed E-state index contributed by atoms with van der Waals surface area (Å²) < 4.78 is 7.93. The number of rotatable bonds is 5. The summed E-state index contributed by atoms with van der Waals surface area (Å²) in [5.41, 5.74) is 6.48. The number of nitrogens with zero attached hydrogens (tertiary/aromatic N) is 3. The molecule has 0 atom stereocenters. The first kappa shape index (κ1) is 18.3. The summed E-state index contributed by atoms with van der Waals surface area (Å²) >= 11 is 4.75. The predicted octanol–water partition coefficient (Wildman–Crippen LogP) is 1.99. The normalized spacial score (nSPS) is 11.8. The molecule has 4 rings (SSSR count). The average molecular weight is 457 g/mol. The van der Waals surface area contributed by atoms with Gasteiger partial charge in [0.2, 0.25) is 4.96 Å². The van der Waals surface area contributed by atoms with E-state index in [0.29, 0.717) is 21.1 Å². The zero-order chi connectivity index (χ0) is 19.7. The van der Waals surface area contributed by atoms with Crippen LogP contribution in [-0.2, 0) is 4.79 Å². The smallest absolute Gasteiger partial charge is 0.291 e. The maximum Gasteiger partial charge on any atom is 0.291 e. The van der Waals surface area contributed by atoms with E-state index in [0.717, 1.165) is 15.6 Å². The fraction of sp³-hybridized carbons (Fsp3) is 0.0526. The van der Waals surface area contributed by atoms with Gasteiger partial charge >= 0.3 is 0 Å². The van der Waals surface area contributed by atoms with Gasteiger partial charge in [-0.1, -0.05) is 51.5 Å². The van der Waals surface area contributed by atoms with Gasteiger partial charge in [-0.2, -0.15) is 9.50 Å². The molecule has 2 aromatic heterocycles. The summed E-state index contributed by atoms with van der Waals surface area (Å²) in [7, 11) is 0. The number of halogens is 1. The molecule has 2 N–H and O–H groups in total. The van der Waals surface area contributed by atoms with Crippen LogP contribution in [0.2, 0.25) is 0 Å². The Balaban J connectivity index is 1.65. The number of hydrogen-bond donors (Lipinski definition) is 1. The summed E-state index contributed by atoms with van der Waals surface area (Å²) in [6.07, 6.45) is 1.76. The van der Waals surface area contributed by atoms with E-state index in [2.05, 4.69) is 26.0 Å². The fourth-order valence-corrected chi connectivity index (χ4v) is 3.93. The number of fused-ring (bicyclic) bond motifs is 1. The number of aromatic nitrogens is 3. The van der Waals surface area contributed by atoms with Crippen molar-refractivity contribution in [1.82, 2.24) is 14.6 Å². The van der Waals surface area contributed by atoms with Crippen molar-refractivity contribution in [2.45, 2.75) is 0 Å². The zero-order valence-electron chi connectivity index (χ0n) is 14.3. The molecular weight excluding hydrogens is 444 g/mol. The van der Waals surface area contributed by atoms with Crippen LogP contribution >= 0.6 is 27.3 Å². The molecule has 0 aliphatic rings. The van der Waals surface area contributed by atoms with Gasteiger partial charge < -0.3 is 10.5 Å². The summed E-state index contributed by atoms with van der Waals surface area (Å²) in [6.45, 7) is -0.179. The molecule has 0 aliphatic heterocycles. The van der Waals surface area contributed by atoms with Gasteiger partial charge in [0.05, 0.1) is 4.53 Å². The molecule has 0 saturated carbocycles. The Kier molecular flexibility index (Phi) is 4.93. The quantitative estimate of drug-likeness (QED) is 0.494. The van der Waals surface area contributed by atoms with Gasteiger partial charge in [-0.05, 0) is 35.9 Å². The lowest BCUT2D eigenvalue weighted by molar-refractivity contribution is -0.119. The Labute approximate surface area is 171 Å². The minimum Gasteiger partial charge on any atom is -0.484 e. The van der Waals surface area contributed by atoms with Crippen LogP contribution in [0.4, 0.5) is 0 Å². The maximum absolute atomic E-state index is 12.7. The number of hydrogen-bond acceptors (Lipinski definition) is 6. The van der Waals surface area contributed by atoms with Gasteiger partial charge in [0.15, 0.2) is 12.4 Å². The van der Waals surface area contributed by atoms with E-state index in [1.54, 1.807) is 30.3 Å². The van der Waals surface area contributed by atoms with Crippen LogP contribution in [0.1, 0.15) is 5.56 Å². The van der Waals surface area contributed by atoms with Gasteiger partial charge in [-0.3, -0.25) is 9.59 Å². The van der Waals surface area contributed by atoms with Crippen molar-refractivity contribution < 1.29 is 9.53 Å². The van der Waals surface area contributed by atoms with E-state index < -0.39 is 5.91 Å². The molecule has 0 bridgehead atoms. The zero-order valence-corrected chi connectivity index (χ0v) is 16.7. The van der Waals surface area contributed by atoms with Crippen LogP contribution in [0.15, 0.2) is 57.8 Å². The van der Waals surface area contributed by atoms with E-state index in [1.807, 2.05) is 24.3 Å². The van der Waals surface area contributed by atoms with E-state index in [9.17, 15) is 9.59 Å². The van der Waals surface area contributed by atoms with Crippen LogP contribution in [0.3, 0.4) is 0 Å². The van der Waals surface area contributed by atoms with E-state index in [1.165, 1.54) is 15.9 Å². The number of benzene rings is 2. The molecule has 2 aromatic carbocycles. The van der Waals surface area contributed by atoms with Crippen LogP contribution < -0.4 is 20.6 Å². The Morgan fingerprint density at radius 2 is 1.96 bits per heavy atom. The Hall–Kier alpha value is -3.04. The minimum absolute atomic E-state index is 0.179. The van der Waals surface area contributed by atoms with Crippen LogP contribution in [0.25, 0.3) is 22.4 Å². The molecule has 0 radical (unpaired) electrons. The van der Waals surface area contributed by atoms with Crippen molar-refractivity contribution in [2.75, 3.05) is 6.61 Å². The Morgan fingerprint density at radius 3 is 2.64 bits per heavy atom. The largest absolute Gasteiger partial charge is 0.484 e. The number of carbonyl (C=O) groups is 1. The SMILES string of the molecule is NC(=O)COc1ccc(C=c2sc3nc(-c4ccccc4Br)nn3c2=O)cc1.